The van der Waals surface area contributed by atoms with Gasteiger partial charge in [0, 0.05) is 0 Å². The Morgan fingerprint density at radius 3 is 2.27 bits per heavy atom. The summed E-state index contributed by atoms with van der Waals surface area (Å²) in [5.74, 6) is -1.94. The minimum atomic E-state index is -1.24. The molecule has 0 atom stereocenters. The molecule has 0 aliphatic heterocycles. The Morgan fingerprint density at radius 1 is 1.36 bits per heavy atom. The van der Waals surface area contributed by atoms with E-state index >= 15 is 0 Å². The van der Waals surface area contributed by atoms with Gasteiger partial charge in [-0.2, -0.15) is 0 Å². The number of rotatable bonds is 1. The van der Waals surface area contributed by atoms with Gasteiger partial charge < -0.3 is 5.11 Å². The van der Waals surface area contributed by atoms with Gasteiger partial charge in [-0.3, -0.25) is 0 Å². The summed E-state index contributed by atoms with van der Waals surface area (Å²) in [4.78, 5) is 10.2. The van der Waals surface area contributed by atoms with Crippen molar-refractivity contribution >= 4 is 5.97 Å². The Bertz CT molecular complexity index is 262. The first-order valence-corrected chi connectivity index (χ1v) is 2.69. The van der Waals surface area contributed by atoms with E-state index < -0.39 is 11.8 Å². The maximum absolute atomic E-state index is 12.5. The molecule has 0 bridgehead atoms. The molecule has 0 aliphatic rings. The zero-order valence-corrected chi connectivity index (χ0v) is 8.04. The average molecular weight is 163 g/mol. The normalized spacial score (nSPS) is 8.45. The van der Waals surface area contributed by atoms with E-state index in [1.165, 1.54) is 18.2 Å². The molecular formula is C7H5FNaO2+. The van der Waals surface area contributed by atoms with Gasteiger partial charge in [0.05, 0.1) is 5.56 Å². The minimum Gasteiger partial charge on any atom is -0.478 e. The molecule has 0 amide bonds. The largest absolute Gasteiger partial charge is 1.00 e. The van der Waals surface area contributed by atoms with Crippen molar-refractivity contribution in [2.24, 2.45) is 0 Å². The fourth-order valence-electron chi connectivity index (χ4n) is 0.635. The van der Waals surface area contributed by atoms with Crippen LogP contribution in [0.3, 0.4) is 0 Å². The third kappa shape index (κ3) is 2.61. The van der Waals surface area contributed by atoms with Crippen LogP contribution in [0.5, 0.6) is 0 Å². The first-order chi connectivity index (χ1) is 4.72. The Labute approximate surface area is 85.3 Å². The second-order valence-electron chi connectivity index (χ2n) is 1.78. The predicted octanol–water partition coefficient (Wildman–Crippen LogP) is -1.47. The topological polar surface area (TPSA) is 37.3 Å². The Morgan fingerprint density at radius 2 is 1.91 bits per heavy atom. The van der Waals surface area contributed by atoms with Crippen LogP contribution in [0.1, 0.15) is 10.4 Å². The van der Waals surface area contributed by atoms with Crippen molar-refractivity contribution in [1.29, 1.82) is 0 Å². The van der Waals surface area contributed by atoms with E-state index in [0.29, 0.717) is 0 Å². The fourth-order valence-corrected chi connectivity index (χ4v) is 0.635. The maximum atomic E-state index is 12.5. The monoisotopic (exact) mass is 163 g/mol. The number of benzene rings is 1. The summed E-state index contributed by atoms with van der Waals surface area (Å²) >= 11 is 0. The van der Waals surface area contributed by atoms with Gasteiger partial charge >= 0.3 is 35.5 Å². The molecule has 0 unspecified atom stereocenters. The second kappa shape index (κ2) is 4.49. The van der Waals surface area contributed by atoms with E-state index in [0.717, 1.165) is 6.07 Å². The second-order valence-corrected chi connectivity index (χ2v) is 1.78. The van der Waals surface area contributed by atoms with Gasteiger partial charge in [-0.25, -0.2) is 9.18 Å². The molecule has 1 aromatic rings. The molecule has 0 aromatic heterocycles. The summed E-state index contributed by atoms with van der Waals surface area (Å²) in [6.07, 6.45) is 0. The summed E-state index contributed by atoms with van der Waals surface area (Å²) in [6, 6.07) is 5.26. The number of carboxylic acids is 1. The molecule has 0 heterocycles. The molecule has 0 fully saturated rings. The smallest absolute Gasteiger partial charge is 0.478 e. The van der Waals surface area contributed by atoms with Crippen molar-refractivity contribution in [3.8, 4) is 0 Å². The molecule has 0 radical (unpaired) electrons. The Hall–Kier alpha value is -0.380. The van der Waals surface area contributed by atoms with E-state index in [-0.39, 0.29) is 35.1 Å². The molecule has 0 spiro atoms. The van der Waals surface area contributed by atoms with Crippen LogP contribution in [0, 0.1) is 5.82 Å². The van der Waals surface area contributed by atoms with Gasteiger partial charge in [-0.15, -0.1) is 0 Å². The number of carbonyl (C=O) groups is 1. The minimum absolute atomic E-state index is 0. The van der Waals surface area contributed by atoms with E-state index in [2.05, 4.69) is 0 Å². The molecule has 11 heavy (non-hydrogen) atoms. The molecule has 2 nitrogen and oxygen atoms in total. The molecule has 0 saturated carbocycles. The SMILES string of the molecule is O=C(O)c1ccccc1F.[Na+]. The summed E-state index contributed by atoms with van der Waals surface area (Å²) in [5, 5.41) is 8.33. The van der Waals surface area contributed by atoms with Crippen LogP contribution in [0.15, 0.2) is 24.3 Å². The first kappa shape index (κ1) is 10.6. The van der Waals surface area contributed by atoms with Gasteiger partial charge in [0.1, 0.15) is 5.82 Å². The third-order valence-electron chi connectivity index (χ3n) is 1.10. The van der Waals surface area contributed by atoms with E-state index in [4.69, 9.17) is 5.11 Å². The van der Waals surface area contributed by atoms with Gasteiger partial charge in [0.25, 0.3) is 0 Å². The Balaban J connectivity index is 0.000001000. The summed E-state index contributed by atoms with van der Waals surface area (Å²) in [5.41, 5.74) is -0.289. The summed E-state index contributed by atoms with van der Waals surface area (Å²) in [7, 11) is 0. The van der Waals surface area contributed by atoms with E-state index in [1.54, 1.807) is 0 Å². The van der Waals surface area contributed by atoms with Gasteiger partial charge in [0.15, 0.2) is 0 Å². The summed E-state index contributed by atoms with van der Waals surface area (Å²) in [6.45, 7) is 0. The maximum Gasteiger partial charge on any atom is 1.00 e. The van der Waals surface area contributed by atoms with Crippen molar-refractivity contribution in [2.75, 3.05) is 0 Å². The predicted molar refractivity (Wildman–Crippen MR) is 33.4 cm³/mol. The number of hydrogen-bond donors (Lipinski definition) is 1. The van der Waals surface area contributed by atoms with Crippen molar-refractivity contribution in [3.63, 3.8) is 0 Å². The first-order valence-electron chi connectivity index (χ1n) is 2.69. The number of halogens is 1. The number of hydrogen-bond acceptors (Lipinski definition) is 1. The molecule has 1 rings (SSSR count). The van der Waals surface area contributed by atoms with Crippen LogP contribution in [0.25, 0.3) is 0 Å². The van der Waals surface area contributed by atoms with Crippen LogP contribution >= 0.6 is 0 Å². The number of carboxylic acid groups (broad SMARTS) is 1. The van der Waals surface area contributed by atoms with Crippen molar-refractivity contribution < 1.29 is 43.8 Å². The average Bonchev–Trinajstić information content (AvgIpc) is 1.88. The molecule has 4 heteroatoms. The quantitative estimate of drug-likeness (QED) is 0.513. The van der Waals surface area contributed by atoms with Crippen LogP contribution in [-0.4, -0.2) is 11.1 Å². The number of aromatic carboxylic acids is 1. The standard InChI is InChI=1S/C7H5FO2.Na/c8-6-4-2-1-3-5(6)7(9)10;/h1-4H,(H,9,10);/q;+1. The molecule has 0 aliphatic carbocycles. The molecular weight excluding hydrogens is 158 g/mol. The van der Waals surface area contributed by atoms with Gasteiger partial charge in [0.2, 0.25) is 0 Å². The van der Waals surface area contributed by atoms with Crippen LogP contribution in [0.4, 0.5) is 4.39 Å². The summed E-state index contributed by atoms with van der Waals surface area (Å²) < 4.78 is 12.5. The van der Waals surface area contributed by atoms with E-state index in [1.807, 2.05) is 0 Å². The van der Waals surface area contributed by atoms with Crippen molar-refractivity contribution in [1.82, 2.24) is 0 Å². The van der Waals surface area contributed by atoms with Crippen LogP contribution < -0.4 is 29.6 Å². The molecule has 0 saturated heterocycles. The van der Waals surface area contributed by atoms with E-state index in [9.17, 15) is 9.18 Å². The van der Waals surface area contributed by atoms with Gasteiger partial charge in [-0.05, 0) is 12.1 Å². The van der Waals surface area contributed by atoms with Crippen LogP contribution in [-0.2, 0) is 0 Å². The molecule has 52 valence electrons. The zero-order valence-electron chi connectivity index (χ0n) is 6.04. The van der Waals surface area contributed by atoms with Crippen molar-refractivity contribution in [3.05, 3.63) is 35.6 Å². The Kier molecular flexibility index (Phi) is 4.33. The fraction of sp³-hybridized carbons (Fsp3) is 0. The van der Waals surface area contributed by atoms with Crippen molar-refractivity contribution in [2.45, 2.75) is 0 Å². The van der Waals surface area contributed by atoms with Crippen LogP contribution in [0.2, 0.25) is 0 Å². The third-order valence-corrected chi connectivity index (χ3v) is 1.10. The molecule has 1 aromatic carbocycles. The van der Waals surface area contributed by atoms with Gasteiger partial charge in [-0.1, -0.05) is 12.1 Å². The molecule has 1 N–H and O–H groups in total. The zero-order chi connectivity index (χ0) is 7.56.